The van der Waals surface area contributed by atoms with Gasteiger partial charge in [0, 0.05) is 11.1 Å². The maximum Gasteiger partial charge on any atom is 0.308 e. The number of carboxylic acids is 1. The molecular weight excluding hydrogens is 226 g/mol. The quantitative estimate of drug-likeness (QED) is 0.848. The zero-order valence-corrected chi connectivity index (χ0v) is 9.57. The fourth-order valence-corrected chi connectivity index (χ4v) is 2.41. The number of hydrogen-bond donors (Lipinski definition) is 2. The molecule has 0 bridgehead atoms. The van der Waals surface area contributed by atoms with E-state index in [0.29, 0.717) is 11.4 Å². The monoisotopic (exact) mass is 239 g/mol. The fraction of sp³-hybridized carbons (Fsp3) is 0.417. The molecule has 2 rings (SSSR count). The molecule has 1 aromatic rings. The van der Waals surface area contributed by atoms with E-state index in [9.17, 15) is 4.79 Å². The summed E-state index contributed by atoms with van der Waals surface area (Å²) in [6.07, 6.45) is 1.43. The van der Waals surface area contributed by atoms with Gasteiger partial charge in [0.05, 0.1) is 5.92 Å². The van der Waals surface area contributed by atoms with Crippen LogP contribution >= 0.6 is 11.6 Å². The lowest BCUT2D eigenvalue weighted by Crippen LogP contribution is -2.33. The number of aliphatic carboxylic acids is 1. The van der Waals surface area contributed by atoms with Gasteiger partial charge in [0.15, 0.2) is 0 Å². The molecule has 1 saturated heterocycles. The summed E-state index contributed by atoms with van der Waals surface area (Å²) in [7, 11) is 0. The van der Waals surface area contributed by atoms with Gasteiger partial charge >= 0.3 is 5.97 Å². The van der Waals surface area contributed by atoms with Gasteiger partial charge in [-0.25, -0.2) is 0 Å². The molecule has 4 heteroatoms. The van der Waals surface area contributed by atoms with Crippen molar-refractivity contribution in [1.29, 1.82) is 0 Å². The largest absolute Gasteiger partial charge is 0.481 e. The highest BCUT2D eigenvalue weighted by Crippen LogP contribution is 2.21. The Hall–Kier alpha value is -1.06. The zero-order chi connectivity index (χ0) is 11.5. The molecular formula is C12H14ClNO2. The summed E-state index contributed by atoms with van der Waals surface area (Å²) in [6, 6.07) is 7.60. The standard InChI is InChI=1S/C12H14ClNO2/c13-9-3-1-2-8(6-9)7-11-10(12(15)16)4-5-14-11/h1-3,6,10-11,14H,4-5,7H2,(H,15,16). The van der Waals surface area contributed by atoms with E-state index in [1.54, 1.807) is 0 Å². The number of hydrogen-bond acceptors (Lipinski definition) is 2. The molecule has 1 heterocycles. The second-order valence-electron chi connectivity index (χ2n) is 4.13. The van der Waals surface area contributed by atoms with Crippen molar-refractivity contribution in [2.24, 2.45) is 5.92 Å². The lowest BCUT2D eigenvalue weighted by Gasteiger charge is -2.15. The lowest BCUT2D eigenvalue weighted by molar-refractivity contribution is -0.141. The first-order chi connectivity index (χ1) is 7.66. The summed E-state index contributed by atoms with van der Waals surface area (Å²) in [6.45, 7) is 0.780. The average Bonchev–Trinajstić information content (AvgIpc) is 2.66. The molecule has 1 aliphatic rings. The van der Waals surface area contributed by atoms with E-state index in [1.165, 1.54) is 0 Å². The van der Waals surface area contributed by atoms with E-state index in [0.717, 1.165) is 18.5 Å². The molecule has 0 aromatic heterocycles. The van der Waals surface area contributed by atoms with Gasteiger partial charge in [-0.05, 0) is 37.1 Å². The Morgan fingerprint density at radius 3 is 3.06 bits per heavy atom. The number of benzene rings is 1. The number of carbonyl (C=O) groups is 1. The van der Waals surface area contributed by atoms with E-state index < -0.39 is 5.97 Å². The Morgan fingerprint density at radius 2 is 2.38 bits per heavy atom. The smallest absolute Gasteiger partial charge is 0.308 e. The Labute approximate surface area is 99.4 Å². The highest BCUT2D eigenvalue weighted by molar-refractivity contribution is 6.30. The third kappa shape index (κ3) is 2.54. The normalized spacial score (nSPS) is 24.6. The molecule has 2 N–H and O–H groups in total. The van der Waals surface area contributed by atoms with Gasteiger partial charge in [-0.1, -0.05) is 23.7 Å². The highest BCUT2D eigenvalue weighted by atomic mass is 35.5. The van der Waals surface area contributed by atoms with E-state index >= 15 is 0 Å². The molecule has 0 radical (unpaired) electrons. The van der Waals surface area contributed by atoms with Crippen LogP contribution < -0.4 is 5.32 Å². The molecule has 0 saturated carbocycles. The van der Waals surface area contributed by atoms with Crippen LogP contribution in [0.25, 0.3) is 0 Å². The summed E-state index contributed by atoms with van der Waals surface area (Å²) >= 11 is 5.89. The third-order valence-corrected chi connectivity index (χ3v) is 3.24. The number of carboxylic acid groups (broad SMARTS) is 1. The van der Waals surface area contributed by atoms with Gasteiger partial charge in [-0.2, -0.15) is 0 Å². The van der Waals surface area contributed by atoms with Gasteiger partial charge in [0.2, 0.25) is 0 Å². The van der Waals surface area contributed by atoms with Crippen LogP contribution in [0.1, 0.15) is 12.0 Å². The summed E-state index contributed by atoms with van der Waals surface area (Å²) in [4.78, 5) is 11.0. The fourth-order valence-electron chi connectivity index (χ4n) is 2.20. The van der Waals surface area contributed by atoms with Crippen molar-refractivity contribution < 1.29 is 9.90 Å². The Bertz CT molecular complexity index is 394. The Kier molecular flexibility index (Phi) is 3.46. The molecule has 1 aliphatic heterocycles. The van der Waals surface area contributed by atoms with Crippen molar-refractivity contribution in [2.45, 2.75) is 18.9 Å². The van der Waals surface area contributed by atoms with Gasteiger partial charge < -0.3 is 10.4 Å². The summed E-state index contributed by atoms with van der Waals surface area (Å²) < 4.78 is 0. The van der Waals surface area contributed by atoms with Crippen LogP contribution in [0.4, 0.5) is 0 Å². The molecule has 1 fully saturated rings. The van der Waals surface area contributed by atoms with E-state index in [4.69, 9.17) is 16.7 Å². The maximum absolute atomic E-state index is 11.0. The average molecular weight is 240 g/mol. The summed E-state index contributed by atoms with van der Waals surface area (Å²) in [5.41, 5.74) is 1.08. The minimum atomic E-state index is -0.711. The first-order valence-electron chi connectivity index (χ1n) is 5.37. The minimum Gasteiger partial charge on any atom is -0.481 e. The van der Waals surface area contributed by atoms with E-state index in [2.05, 4.69) is 5.32 Å². The topological polar surface area (TPSA) is 49.3 Å². The number of halogens is 1. The van der Waals surface area contributed by atoms with Crippen LogP contribution in [-0.2, 0) is 11.2 Å². The maximum atomic E-state index is 11.0. The number of nitrogens with one attached hydrogen (secondary N) is 1. The predicted octanol–water partition coefficient (Wildman–Crippen LogP) is 1.95. The molecule has 86 valence electrons. The Morgan fingerprint density at radius 1 is 1.56 bits per heavy atom. The van der Waals surface area contributed by atoms with Crippen LogP contribution in [0.5, 0.6) is 0 Å². The van der Waals surface area contributed by atoms with Crippen LogP contribution in [-0.4, -0.2) is 23.7 Å². The van der Waals surface area contributed by atoms with Crippen molar-refractivity contribution in [1.82, 2.24) is 5.32 Å². The first kappa shape index (κ1) is 11.4. The van der Waals surface area contributed by atoms with Crippen LogP contribution in [0, 0.1) is 5.92 Å². The van der Waals surface area contributed by atoms with Crippen LogP contribution in [0.15, 0.2) is 24.3 Å². The van der Waals surface area contributed by atoms with Crippen LogP contribution in [0.2, 0.25) is 5.02 Å². The molecule has 1 aromatic carbocycles. The van der Waals surface area contributed by atoms with Crippen molar-refractivity contribution in [3.63, 3.8) is 0 Å². The first-order valence-corrected chi connectivity index (χ1v) is 5.75. The summed E-state index contributed by atoms with van der Waals surface area (Å²) in [5, 5.41) is 13.0. The highest BCUT2D eigenvalue weighted by Gasteiger charge is 2.32. The molecule has 0 aliphatic carbocycles. The zero-order valence-electron chi connectivity index (χ0n) is 8.82. The summed E-state index contributed by atoms with van der Waals surface area (Å²) in [5.74, 6) is -0.990. The van der Waals surface area contributed by atoms with Crippen LogP contribution in [0.3, 0.4) is 0 Å². The van der Waals surface area contributed by atoms with Gasteiger partial charge in [0.1, 0.15) is 0 Å². The van der Waals surface area contributed by atoms with E-state index in [1.807, 2.05) is 24.3 Å². The van der Waals surface area contributed by atoms with E-state index in [-0.39, 0.29) is 12.0 Å². The lowest BCUT2D eigenvalue weighted by atomic mass is 9.95. The molecule has 2 atom stereocenters. The van der Waals surface area contributed by atoms with Crippen molar-refractivity contribution in [2.75, 3.05) is 6.54 Å². The van der Waals surface area contributed by atoms with Gasteiger partial charge in [0.25, 0.3) is 0 Å². The van der Waals surface area contributed by atoms with Crippen molar-refractivity contribution >= 4 is 17.6 Å². The third-order valence-electron chi connectivity index (χ3n) is 3.01. The molecule has 0 spiro atoms. The second kappa shape index (κ2) is 4.85. The SMILES string of the molecule is O=C(O)C1CCNC1Cc1cccc(Cl)c1. The van der Waals surface area contributed by atoms with Crippen molar-refractivity contribution in [3.05, 3.63) is 34.9 Å². The van der Waals surface area contributed by atoms with Gasteiger partial charge in [-0.15, -0.1) is 0 Å². The molecule has 16 heavy (non-hydrogen) atoms. The van der Waals surface area contributed by atoms with Crippen molar-refractivity contribution in [3.8, 4) is 0 Å². The molecule has 0 amide bonds. The molecule has 3 nitrogen and oxygen atoms in total. The van der Waals surface area contributed by atoms with Gasteiger partial charge in [-0.3, -0.25) is 4.79 Å². The predicted molar refractivity (Wildman–Crippen MR) is 62.7 cm³/mol. The minimum absolute atomic E-state index is 0.0240. The second-order valence-corrected chi connectivity index (χ2v) is 4.56. The molecule has 2 unspecified atom stereocenters. The number of rotatable bonds is 3. The Balaban J connectivity index is 2.06.